The third-order valence-electron chi connectivity index (χ3n) is 7.79. The van der Waals surface area contributed by atoms with Gasteiger partial charge in [-0.15, -0.1) is 0 Å². The van der Waals surface area contributed by atoms with Crippen LogP contribution in [0.25, 0.3) is 39.3 Å². The highest BCUT2D eigenvalue weighted by atomic mass is 19.1. The van der Waals surface area contributed by atoms with E-state index < -0.39 is 5.82 Å². The number of halogens is 1. The summed E-state index contributed by atoms with van der Waals surface area (Å²) in [7, 11) is 1.47. The van der Waals surface area contributed by atoms with E-state index in [0.29, 0.717) is 17.7 Å². The molecule has 2 aromatic carbocycles. The van der Waals surface area contributed by atoms with E-state index in [1.165, 1.54) is 30.8 Å². The number of methoxy groups -OCH3 is 1. The molecule has 0 unspecified atom stereocenters. The minimum Gasteiger partial charge on any atom is -0.494 e. The maximum atomic E-state index is 14.3. The minimum atomic E-state index is -0.412. The number of fused-ring (bicyclic) bond motifs is 3. The SMILES string of the molecule is COc1cc(-c2c(-c3ccncc3)nn3c(-c4ccc(N5C[C@@H]6C[C@H]5CN6)cc4C)ccnc23)ccc1F. The smallest absolute Gasteiger partial charge is 0.165 e. The van der Waals surface area contributed by atoms with E-state index >= 15 is 0 Å². The van der Waals surface area contributed by atoms with Crippen LogP contribution in [0.2, 0.25) is 0 Å². The summed E-state index contributed by atoms with van der Waals surface area (Å²) in [5.41, 5.74) is 8.41. The van der Waals surface area contributed by atoms with Crippen LogP contribution in [-0.4, -0.2) is 51.9 Å². The number of nitrogens with zero attached hydrogens (tertiary/aromatic N) is 5. The summed E-state index contributed by atoms with van der Waals surface area (Å²) < 4.78 is 21.5. The van der Waals surface area contributed by atoms with Crippen molar-refractivity contribution < 1.29 is 9.13 Å². The van der Waals surface area contributed by atoms with Gasteiger partial charge in [0.15, 0.2) is 17.2 Å². The van der Waals surface area contributed by atoms with Crippen molar-refractivity contribution in [3.8, 4) is 39.4 Å². The average molecular weight is 507 g/mol. The Morgan fingerprint density at radius 1 is 1.00 bits per heavy atom. The van der Waals surface area contributed by atoms with E-state index in [0.717, 1.165) is 46.7 Å². The molecule has 0 spiro atoms. The normalized spacial score (nSPS) is 18.4. The lowest BCUT2D eigenvalue weighted by atomic mass is 10.0. The van der Waals surface area contributed by atoms with Crippen molar-refractivity contribution in [2.24, 2.45) is 0 Å². The summed E-state index contributed by atoms with van der Waals surface area (Å²) in [4.78, 5) is 11.4. The summed E-state index contributed by atoms with van der Waals surface area (Å²) in [6.45, 7) is 4.26. The molecule has 2 atom stereocenters. The van der Waals surface area contributed by atoms with E-state index in [1.807, 2.05) is 28.9 Å². The first-order valence-corrected chi connectivity index (χ1v) is 12.8. The van der Waals surface area contributed by atoms with Gasteiger partial charge in [-0.25, -0.2) is 13.9 Å². The molecule has 2 aliphatic rings. The molecule has 7 rings (SSSR count). The van der Waals surface area contributed by atoms with Gasteiger partial charge in [-0.3, -0.25) is 4.98 Å². The Morgan fingerprint density at radius 2 is 1.87 bits per heavy atom. The third kappa shape index (κ3) is 3.63. The van der Waals surface area contributed by atoms with E-state index in [1.54, 1.807) is 24.5 Å². The van der Waals surface area contributed by atoms with Crippen LogP contribution in [0.15, 0.2) is 73.2 Å². The van der Waals surface area contributed by atoms with Gasteiger partial charge in [0.2, 0.25) is 0 Å². The molecule has 5 aromatic rings. The molecule has 2 bridgehead atoms. The number of rotatable bonds is 5. The maximum absolute atomic E-state index is 14.3. The molecular weight excluding hydrogens is 479 g/mol. The van der Waals surface area contributed by atoms with Crippen LogP contribution in [0.5, 0.6) is 5.75 Å². The predicted octanol–water partition coefficient (Wildman–Crippen LogP) is 5.13. The molecule has 7 nitrogen and oxygen atoms in total. The van der Waals surface area contributed by atoms with Crippen molar-refractivity contribution >= 4 is 11.3 Å². The van der Waals surface area contributed by atoms with E-state index in [4.69, 9.17) is 14.8 Å². The average Bonchev–Trinajstić information content (AvgIpc) is 3.68. The van der Waals surface area contributed by atoms with Crippen LogP contribution in [-0.2, 0) is 0 Å². The van der Waals surface area contributed by atoms with Crippen molar-refractivity contribution in [3.05, 3.63) is 84.6 Å². The van der Waals surface area contributed by atoms with Gasteiger partial charge in [0.25, 0.3) is 0 Å². The molecule has 3 aromatic heterocycles. The fourth-order valence-corrected chi connectivity index (χ4v) is 5.93. The van der Waals surface area contributed by atoms with Gasteiger partial charge in [0.05, 0.1) is 18.4 Å². The van der Waals surface area contributed by atoms with E-state index in [2.05, 4.69) is 40.3 Å². The highest BCUT2D eigenvalue weighted by Crippen LogP contribution is 2.39. The third-order valence-corrected chi connectivity index (χ3v) is 7.79. The molecule has 2 fully saturated rings. The molecule has 190 valence electrons. The Bertz CT molecular complexity index is 1670. The predicted molar refractivity (Wildman–Crippen MR) is 146 cm³/mol. The molecule has 0 amide bonds. The number of aromatic nitrogens is 4. The monoisotopic (exact) mass is 506 g/mol. The number of nitrogens with one attached hydrogen (secondary N) is 1. The number of hydrogen-bond acceptors (Lipinski definition) is 6. The minimum absolute atomic E-state index is 0.177. The molecule has 2 aliphatic heterocycles. The van der Waals surface area contributed by atoms with Gasteiger partial charge < -0.3 is 15.0 Å². The summed E-state index contributed by atoms with van der Waals surface area (Å²) in [5.74, 6) is -0.236. The lowest BCUT2D eigenvalue weighted by Crippen LogP contribution is -2.43. The summed E-state index contributed by atoms with van der Waals surface area (Å²) in [6.07, 6.45) is 6.51. The number of piperazine rings is 1. The van der Waals surface area contributed by atoms with Gasteiger partial charge in [0.1, 0.15) is 5.69 Å². The van der Waals surface area contributed by atoms with E-state index in [9.17, 15) is 4.39 Å². The second kappa shape index (κ2) is 8.92. The van der Waals surface area contributed by atoms with Crippen molar-refractivity contribution in [2.75, 3.05) is 25.1 Å². The highest BCUT2D eigenvalue weighted by Gasteiger charge is 2.37. The van der Waals surface area contributed by atoms with Crippen LogP contribution < -0.4 is 15.0 Å². The highest BCUT2D eigenvalue weighted by molar-refractivity contribution is 5.91. The first kappa shape index (κ1) is 22.9. The van der Waals surface area contributed by atoms with Gasteiger partial charge >= 0.3 is 0 Å². The van der Waals surface area contributed by atoms with Crippen LogP contribution >= 0.6 is 0 Å². The second-order valence-corrected chi connectivity index (χ2v) is 10.0. The zero-order chi connectivity index (χ0) is 25.8. The zero-order valence-electron chi connectivity index (χ0n) is 21.2. The Balaban J connectivity index is 1.40. The van der Waals surface area contributed by atoms with Gasteiger partial charge in [0, 0.05) is 60.6 Å². The molecule has 8 heteroatoms. The molecule has 38 heavy (non-hydrogen) atoms. The first-order valence-electron chi connectivity index (χ1n) is 12.8. The quantitative estimate of drug-likeness (QED) is 0.356. The first-order chi connectivity index (χ1) is 18.6. The van der Waals surface area contributed by atoms with Crippen molar-refractivity contribution in [1.29, 1.82) is 0 Å². The van der Waals surface area contributed by atoms with Crippen LogP contribution in [0.3, 0.4) is 0 Å². The van der Waals surface area contributed by atoms with Gasteiger partial charge in [-0.2, -0.15) is 5.10 Å². The van der Waals surface area contributed by atoms with Crippen LogP contribution in [0.4, 0.5) is 10.1 Å². The van der Waals surface area contributed by atoms with Crippen molar-refractivity contribution in [3.63, 3.8) is 0 Å². The molecule has 2 saturated heterocycles. The number of aryl methyl sites for hydroxylation is 1. The molecule has 0 saturated carbocycles. The largest absolute Gasteiger partial charge is 0.494 e. The Hall–Kier alpha value is -4.30. The molecule has 0 aliphatic carbocycles. The van der Waals surface area contributed by atoms with E-state index in [-0.39, 0.29) is 5.75 Å². The van der Waals surface area contributed by atoms with Crippen LogP contribution in [0, 0.1) is 12.7 Å². The Kier molecular flexibility index (Phi) is 5.37. The number of anilines is 1. The van der Waals surface area contributed by atoms with Crippen molar-refractivity contribution in [2.45, 2.75) is 25.4 Å². The van der Waals surface area contributed by atoms with Crippen molar-refractivity contribution in [1.82, 2.24) is 24.9 Å². The topological polar surface area (TPSA) is 67.6 Å². The molecule has 1 N–H and O–H groups in total. The zero-order valence-corrected chi connectivity index (χ0v) is 21.2. The Morgan fingerprint density at radius 3 is 2.61 bits per heavy atom. The lowest BCUT2D eigenvalue weighted by molar-refractivity contribution is 0.387. The second-order valence-electron chi connectivity index (χ2n) is 10.0. The fourth-order valence-electron chi connectivity index (χ4n) is 5.93. The summed E-state index contributed by atoms with van der Waals surface area (Å²) in [5, 5.41) is 8.64. The maximum Gasteiger partial charge on any atom is 0.165 e. The number of benzene rings is 2. The number of ether oxygens (including phenoxy) is 1. The lowest BCUT2D eigenvalue weighted by Gasteiger charge is -2.30. The standard InChI is InChI=1S/C30H27FN6O/c1-18-13-22(36-17-21-15-23(36)16-34-21)4-5-24(18)26-9-12-33-30-28(20-3-6-25(31)27(14-20)38-2)29(35-37(26)30)19-7-10-32-11-8-19/h3-14,21,23,34H,15-17H2,1-2H3/t21-,23-/m0/s1. The molecule has 0 radical (unpaired) electrons. The molecular formula is C30H27FN6O. The summed E-state index contributed by atoms with van der Waals surface area (Å²) >= 11 is 0. The number of pyridine rings is 1. The Labute approximate surface area is 219 Å². The van der Waals surface area contributed by atoms with Gasteiger partial charge in [-0.05, 0) is 66.9 Å². The number of hydrogen-bond donors (Lipinski definition) is 1. The van der Waals surface area contributed by atoms with Gasteiger partial charge in [-0.1, -0.05) is 12.1 Å². The van der Waals surface area contributed by atoms with Crippen LogP contribution in [0.1, 0.15) is 12.0 Å². The summed E-state index contributed by atoms with van der Waals surface area (Å²) in [6, 6.07) is 18.5. The molecule has 5 heterocycles. The fraction of sp³-hybridized carbons (Fsp3) is 0.233.